The van der Waals surface area contributed by atoms with Crippen molar-refractivity contribution in [2.24, 2.45) is 0 Å². The van der Waals surface area contributed by atoms with Crippen molar-refractivity contribution in [3.63, 3.8) is 0 Å². The number of carboxylic acid groups (broad SMARTS) is 1. The number of aromatic amines is 1. The molecule has 0 radical (unpaired) electrons. The summed E-state index contributed by atoms with van der Waals surface area (Å²) >= 11 is 0. The molecule has 1 aromatic carbocycles. The molecule has 200 valence electrons. The molecular formula is C28H29F3N4O3. The number of nitrogens with one attached hydrogen (secondary N) is 1. The molecular weight excluding hydrogens is 497 g/mol. The number of anilines is 1. The Kier molecular flexibility index (Phi) is 6.17. The highest BCUT2D eigenvalue weighted by molar-refractivity contribution is 5.85. The first-order valence-corrected chi connectivity index (χ1v) is 13.0. The number of hydrogen-bond donors (Lipinski definition) is 2. The predicted molar refractivity (Wildman–Crippen MR) is 134 cm³/mol. The van der Waals surface area contributed by atoms with Crippen LogP contribution in [0, 0.1) is 6.92 Å². The fraction of sp³-hybridized carbons (Fsp3) is 0.464. The van der Waals surface area contributed by atoms with Gasteiger partial charge < -0.3 is 19.7 Å². The van der Waals surface area contributed by atoms with Crippen LogP contribution in [-0.2, 0) is 17.5 Å². The van der Waals surface area contributed by atoms with Crippen LogP contribution in [0.4, 0.5) is 19.1 Å². The van der Waals surface area contributed by atoms with Gasteiger partial charge in [-0.05, 0) is 69.1 Å². The minimum absolute atomic E-state index is 0.0167. The first-order chi connectivity index (χ1) is 18.2. The second kappa shape index (κ2) is 9.41. The van der Waals surface area contributed by atoms with Crippen LogP contribution in [0.25, 0.3) is 11.1 Å². The molecule has 0 amide bonds. The molecule has 2 saturated heterocycles. The van der Waals surface area contributed by atoms with Gasteiger partial charge in [0.25, 0.3) is 0 Å². The van der Waals surface area contributed by atoms with Crippen LogP contribution < -0.4 is 4.90 Å². The zero-order valence-corrected chi connectivity index (χ0v) is 21.0. The van der Waals surface area contributed by atoms with Crippen LogP contribution >= 0.6 is 0 Å². The number of rotatable bonds is 7. The lowest BCUT2D eigenvalue weighted by atomic mass is 9.96. The maximum atomic E-state index is 13.8. The molecule has 2 unspecified atom stereocenters. The minimum Gasteiger partial charge on any atom is -0.477 e. The summed E-state index contributed by atoms with van der Waals surface area (Å²) in [5, 5.41) is 9.42. The van der Waals surface area contributed by atoms with Gasteiger partial charge in [0.05, 0.1) is 18.3 Å². The molecule has 38 heavy (non-hydrogen) atoms. The summed E-state index contributed by atoms with van der Waals surface area (Å²) in [7, 11) is 0. The van der Waals surface area contributed by atoms with Crippen molar-refractivity contribution in [2.45, 2.75) is 82.3 Å². The van der Waals surface area contributed by atoms with Crippen molar-refractivity contribution >= 4 is 11.9 Å². The second-order valence-corrected chi connectivity index (χ2v) is 10.6. The molecule has 2 bridgehead atoms. The van der Waals surface area contributed by atoms with E-state index < -0.39 is 17.7 Å². The topological polar surface area (TPSA) is 91.3 Å². The number of carbonyl (C=O) groups is 1. The summed E-state index contributed by atoms with van der Waals surface area (Å²) in [5.41, 5.74) is 2.46. The van der Waals surface area contributed by atoms with Crippen LogP contribution in [0.5, 0.6) is 0 Å². The van der Waals surface area contributed by atoms with E-state index in [9.17, 15) is 23.1 Å². The molecule has 1 saturated carbocycles. The van der Waals surface area contributed by atoms with E-state index in [1.54, 1.807) is 19.2 Å². The van der Waals surface area contributed by atoms with Crippen LogP contribution in [0.3, 0.4) is 0 Å². The molecule has 2 aliphatic heterocycles. The van der Waals surface area contributed by atoms with Crippen LogP contribution in [0.2, 0.25) is 0 Å². The third kappa shape index (κ3) is 4.66. The number of hydrogen-bond acceptors (Lipinski definition) is 5. The van der Waals surface area contributed by atoms with Crippen LogP contribution in [-0.4, -0.2) is 44.2 Å². The van der Waals surface area contributed by atoms with Crippen molar-refractivity contribution in [2.75, 3.05) is 4.90 Å². The summed E-state index contributed by atoms with van der Waals surface area (Å²) < 4.78 is 47.8. The van der Waals surface area contributed by atoms with Crippen molar-refractivity contribution in [1.82, 2.24) is 15.0 Å². The summed E-state index contributed by atoms with van der Waals surface area (Å²) in [6.45, 7) is 2.00. The third-order valence-corrected chi connectivity index (χ3v) is 7.98. The van der Waals surface area contributed by atoms with E-state index in [1.807, 2.05) is 0 Å². The predicted octanol–water partition coefficient (Wildman–Crippen LogP) is 6.09. The fourth-order valence-electron chi connectivity index (χ4n) is 6.14. The van der Waals surface area contributed by atoms with Crippen molar-refractivity contribution in [3.8, 4) is 11.1 Å². The SMILES string of the molecule is Cc1cc(C(=O)O)nc(N2C3CCC2CC(OCc2c(-c4ccccc4C(F)(F)F)c[nH]c2C2CC2)C3)n1. The Morgan fingerprint density at radius 2 is 1.82 bits per heavy atom. The maximum Gasteiger partial charge on any atom is 0.417 e. The number of nitrogens with zero attached hydrogens (tertiary/aromatic N) is 3. The van der Waals surface area contributed by atoms with Gasteiger partial charge in [0, 0.05) is 40.8 Å². The number of halogens is 3. The zero-order valence-electron chi connectivity index (χ0n) is 21.0. The molecule has 4 heterocycles. The van der Waals surface area contributed by atoms with Gasteiger partial charge in [-0.25, -0.2) is 14.8 Å². The third-order valence-electron chi connectivity index (χ3n) is 7.98. The summed E-state index contributed by atoms with van der Waals surface area (Å²) in [6.07, 6.45) is 2.56. The van der Waals surface area contributed by atoms with Gasteiger partial charge in [0.15, 0.2) is 5.69 Å². The molecule has 0 spiro atoms. The lowest BCUT2D eigenvalue weighted by Crippen LogP contribution is -2.46. The lowest BCUT2D eigenvalue weighted by Gasteiger charge is -2.39. The van der Waals surface area contributed by atoms with E-state index >= 15 is 0 Å². The monoisotopic (exact) mass is 526 g/mol. The van der Waals surface area contributed by atoms with Crippen LogP contribution in [0.1, 0.15) is 77.4 Å². The first kappa shape index (κ1) is 24.9. The minimum atomic E-state index is -4.45. The van der Waals surface area contributed by atoms with Gasteiger partial charge in [-0.15, -0.1) is 0 Å². The number of H-pyrrole nitrogens is 1. The largest absolute Gasteiger partial charge is 0.477 e. The molecule has 7 nitrogen and oxygen atoms in total. The Morgan fingerprint density at radius 1 is 1.11 bits per heavy atom. The van der Waals surface area contributed by atoms with E-state index in [-0.39, 0.29) is 36.1 Å². The van der Waals surface area contributed by atoms with E-state index in [0.29, 0.717) is 23.1 Å². The molecule has 1 aliphatic carbocycles. The Bertz CT molecular complexity index is 1350. The van der Waals surface area contributed by atoms with E-state index in [2.05, 4.69) is 19.9 Å². The van der Waals surface area contributed by atoms with Gasteiger partial charge in [0.1, 0.15) is 0 Å². The Morgan fingerprint density at radius 3 is 2.47 bits per heavy atom. The Balaban J connectivity index is 1.22. The highest BCUT2D eigenvalue weighted by Gasteiger charge is 2.43. The Labute approximate surface area is 218 Å². The summed E-state index contributed by atoms with van der Waals surface area (Å²) in [6, 6.07) is 7.42. The molecule has 2 aromatic heterocycles. The number of aromatic carboxylic acids is 1. The first-order valence-electron chi connectivity index (χ1n) is 13.0. The number of alkyl halides is 3. The molecule has 3 aliphatic rings. The van der Waals surface area contributed by atoms with Crippen LogP contribution in [0.15, 0.2) is 36.5 Å². The van der Waals surface area contributed by atoms with E-state index in [1.165, 1.54) is 18.2 Å². The Hall–Kier alpha value is -3.40. The molecule has 3 fully saturated rings. The zero-order chi connectivity index (χ0) is 26.6. The summed E-state index contributed by atoms with van der Waals surface area (Å²) in [5.74, 6) is -0.301. The molecule has 3 aromatic rings. The smallest absolute Gasteiger partial charge is 0.417 e. The van der Waals surface area contributed by atoms with Crippen molar-refractivity contribution in [3.05, 3.63) is 64.7 Å². The highest BCUT2D eigenvalue weighted by atomic mass is 19.4. The number of piperidine rings is 1. The van der Waals surface area contributed by atoms with Gasteiger partial charge in [0.2, 0.25) is 5.95 Å². The number of ether oxygens (including phenoxy) is 1. The average Bonchev–Trinajstić information content (AvgIpc) is 3.57. The quantitative estimate of drug-likeness (QED) is 0.387. The normalized spacial score (nSPS) is 23.2. The molecule has 6 rings (SSSR count). The lowest BCUT2D eigenvalue weighted by molar-refractivity contribution is -0.137. The number of aryl methyl sites for hydroxylation is 1. The fourth-order valence-corrected chi connectivity index (χ4v) is 6.14. The van der Waals surface area contributed by atoms with Crippen molar-refractivity contribution in [1.29, 1.82) is 0 Å². The number of carboxylic acids is 1. The van der Waals surface area contributed by atoms with Gasteiger partial charge in [-0.2, -0.15) is 13.2 Å². The average molecular weight is 527 g/mol. The number of fused-ring (bicyclic) bond motifs is 2. The summed E-state index contributed by atoms with van der Waals surface area (Å²) in [4.78, 5) is 25.7. The molecule has 2 atom stereocenters. The van der Waals surface area contributed by atoms with Gasteiger partial charge in [-0.3, -0.25) is 0 Å². The highest BCUT2D eigenvalue weighted by Crippen LogP contribution is 2.46. The second-order valence-electron chi connectivity index (χ2n) is 10.6. The number of aromatic nitrogens is 3. The standard InChI is InChI=1S/C28H29F3N4O3/c1-15-10-24(26(36)37)34-27(33-15)35-17-8-9-18(35)12-19(11-17)38-14-22-21(13-32-25(22)16-6-7-16)20-4-2-3-5-23(20)28(29,30)31/h2-5,10,13,16-19,32H,6-9,11-12,14H2,1H3,(H,36,37). The van der Waals surface area contributed by atoms with Gasteiger partial charge >= 0.3 is 12.1 Å². The van der Waals surface area contributed by atoms with E-state index in [4.69, 9.17) is 4.74 Å². The number of benzene rings is 1. The molecule has 10 heteroatoms. The maximum absolute atomic E-state index is 13.8. The molecule has 2 N–H and O–H groups in total. The van der Waals surface area contributed by atoms with E-state index in [0.717, 1.165) is 55.8 Å². The van der Waals surface area contributed by atoms with Crippen molar-refractivity contribution < 1.29 is 27.8 Å². The van der Waals surface area contributed by atoms with Gasteiger partial charge in [-0.1, -0.05) is 18.2 Å².